The van der Waals surface area contributed by atoms with Crippen LogP contribution in [0.2, 0.25) is 0 Å². The molecule has 4 saturated heterocycles. The van der Waals surface area contributed by atoms with Gasteiger partial charge >= 0.3 is 6.09 Å². The summed E-state index contributed by atoms with van der Waals surface area (Å²) in [6.45, 7) is 8.70. The largest absolute Gasteiger partial charge is 0.483 e. The first kappa shape index (κ1) is 55.8. The Morgan fingerprint density at radius 1 is 0.613 bits per heavy atom. The molecular formula is C58H67F5N10O7. The average molecular weight is 1110 g/mol. The molecule has 0 unspecified atom stereocenters. The van der Waals surface area contributed by atoms with Gasteiger partial charge in [0.2, 0.25) is 11.8 Å². The Hall–Kier alpha value is -7.46. The highest BCUT2D eigenvalue weighted by Crippen LogP contribution is 2.50. The molecule has 80 heavy (non-hydrogen) atoms. The minimum absolute atomic E-state index is 0.0621. The van der Waals surface area contributed by atoms with Crippen molar-refractivity contribution in [2.45, 2.75) is 120 Å². The number of benzene rings is 4. The lowest BCUT2D eigenvalue weighted by Gasteiger charge is -2.36. The molecule has 3 amide bonds. The van der Waals surface area contributed by atoms with Crippen molar-refractivity contribution in [2.75, 3.05) is 64.4 Å². The van der Waals surface area contributed by atoms with Crippen molar-refractivity contribution in [3.63, 3.8) is 0 Å². The monoisotopic (exact) mass is 1110 g/mol. The summed E-state index contributed by atoms with van der Waals surface area (Å²) in [4.78, 5) is 63.5. The van der Waals surface area contributed by atoms with Gasteiger partial charge in [0.05, 0.1) is 72.7 Å². The molecule has 0 bridgehead atoms. The summed E-state index contributed by atoms with van der Waals surface area (Å²) in [6, 6.07) is 9.80. The van der Waals surface area contributed by atoms with Gasteiger partial charge in [0.15, 0.2) is 17.5 Å². The zero-order chi connectivity index (χ0) is 56.7. The van der Waals surface area contributed by atoms with Gasteiger partial charge in [-0.1, -0.05) is 12.1 Å². The minimum Gasteiger partial charge on any atom is -0.483 e. The van der Waals surface area contributed by atoms with Crippen LogP contribution in [0.4, 0.5) is 38.1 Å². The van der Waals surface area contributed by atoms with Crippen molar-refractivity contribution < 1.29 is 55.3 Å². The number of aromatic amines is 2. The first-order valence-corrected chi connectivity index (χ1v) is 27.2. The van der Waals surface area contributed by atoms with Crippen LogP contribution in [0.1, 0.15) is 124 Å². The number of hydrogen-bond donors (Lipinski definition) is 4. The summed E-state index contributed by atoms with van der Waals surface area (Å²) < 4.78 is 103. The van der Waals surface area contributed by atoms with E-state index in [1.54, 1.807) is 57.7 Å². The molecule has 6 heterocycles. The molecule has 4 aliphatic heterocycles. The van der Waals surface area contributed by atoms with Gasteiger partial charge in [0.1, 0.15) is 46.9 Å². The van der Waals surface area contributed by atoms with Crippen LogP contribution in [-0.2, 0) is 28.5 Å². The number of H-pyrrole nitrogens is 2. The molecule has 0 spiro atoms. The minimum atomic E-state index is -1.07. The van der Waals surface area contributed by atoms with E-state index in [1.807, 2.05) is 0 Å². The second kappa shape index (κ2) is 23.3. The molecule has 0 radical (unpaired) electrons. The summed E-state index contributed by atoms with van der Waals surface area (Å²) in [5.41, 5.74) is 2.59. The van der Waals surface area contributed by atoms with Gasteiger partial charge in [0.25, 0.3) is 0 Å². The quantitative estimate of drug-likeness (QED) is 0.0502. The van der Waals surface area contributed by atoms with Crippen molar-refractivity contribution in [3.8, 4) is 0 Å². The van der Waals surface area contributed by atoms with Crippen molar-refractivity contribution >= 4 is 51.3 Å². The number of piperidine rings is 1. The van der Waals surface area contributed by atoms with Crippen LogP contribution in [0.15, 0.2) is 73.1 Å². The number of aromatic nitrogens is 4. The molecule has 10 rings (SSSR count). The van der Waals surface area contributed by atoms with Gasteiger partial charge in [-0.05, 0) is 132 Å². The number of imidazole rings is 2. The van der Waals surface area contributed by atoms with E-state index in [-0.39, 0.29) is 58.9 Å². The fourth-order valence-corrected chi connectivity index (χ4v) is 12.4. The summed E-state index contributed by atoms with van der Waals surface area (Å²) in [6.07, 6.45) is 1.95. The molecule has 4 aliphatic rings. The highest BCUT2D eigenvalue weighted by atomic mass is 19.1. The number of amides is 3. The van der Waals surface area contributed by atoms with Gasteiger partial charge in [-0.3, -0.25) is 9.59 Å². The molecule has 426 valence electrons. The Labute approximate surface area is 460 Å². The number of halogens is 5. The molecule has 0 aliphatic carbocycles. The van der Waals surface area contributed by atoms with E-state index in [1.165, 1.54) is 64.8 Å². The smallest absolute Gasteiger partial charge is 0.407 e. The molecule has 2 aromatic heterocycles. The fourth-order valence-electron chi connectivity index (χ4n) is 12.4. The third-order valence-electron chi connectivity index (χ3n) is 16.7. The Kier molecular flexibility index (Phi) is 16.3. The van der Waals surface area contributed by atoms with Crippen LogP contribution in [0.5, 0.6) is 0 Å². The van der Waals surface area contributed by atoms with E-state index in [9.17, 15) is 18.8 Å². The normalized spacial score (nSPS) is 21.3. The molecular weight excluding hydrogens is 1040 g/mol. The van der Waals surface area contributed by atoms with Gasteiger partial charge in [-0.15, -0.1) is 0 Å². The van der Waals surface area contributed by atoms with E-state index in [4.69, 9.17) is 28.9 Å². The number of alkyl carbamates (subject to hydrolysis) is 1. The molecule has 4 N–H and O–H groups in total. The third-order valence-corrected chi connectivity index (χ3v) is 16.7. The fraction of sp³-hybridized carbons (Fsp3) is 0.466. The zero-order valence-electron chi connectivity index (χ0n) is 45.6. The molecule has 22 heteroatoms. The molecule has 0 saturated carbocycles. The Bertz CT molecular complexity index is 3100. The van der Waals surface area contributed by atoms with Gasteiger partial charge < -0.3 is 59.1 Å². The predicted molar refractivity (Wildman–Crippen MR) is 289 cm³/mol. The number of hydrogen-bond acceptors (Lipinski definition) is 12. The number of likely N-dealkylation sites (tertiary alicyclic amines) is 2. The number of methoxy groups -OCH3 is 4. The van der Waals surface area contributed by atoms with Crippen LogP contribution in [-0.4, -0.2) is 127 Å². The maximum Gasteiger partial charge on any atom is 0.407 e. The number of anilines is 2. The highest BCUT2D eigenvalue weighted by Gasteiger charge is 2.43. The summed E-state index contributed by atoms with van der Waals surface area (Å²) in [7, 11) is 5.57. The lowest BCUT2D eigenvalue weighted by molar-refractivity contribution is -0.138. The summed E-state index contributed by atoms with van der Waals surface area (Å²) >= 11 is 0. The second-order valence-corrected chi connectivity index (χ2v) is 21.2. The van der Waals surface area contributed by atoms with E-state index < -0.39 is 83.7 Å². The molecule has 6 aromatic rings. The number of rotatable bonds is 17. The van der Waals surface area contributed by atoms with Gasteiger partial charge in [-0.2, -0.15) is 0 Å². The zero-order valence-corrected chi connectivity index (χ0v) is 45.6. The summed E-state index contributed by atoms with van der Waals surface area (Å²) in [5.74, 6) is -2.88. The average Bonchev–Trinajstić information content (AvgIpc) is 4.39. The van der Waals surface area contributed by atoms with E-state index in [2.05, 4.69) is 27.2 Å². The maximum absolute atomic E-state index is 17.0. The highest BCUT2D eigenvalue weighted by molar-refractivity contribution is 5.87. The number of fused-ring (bicyclic) bond motifs is 2. The third kappa shape index (κ3) is 10.8. The Morgan fingerprint density at radius 2 is 1.10 bits per heavy atom. The first-order valence-electron chi connectivity index (χ1n) is 27.2. The maximum atomic E-state index is 17.0. The Morgan fingerprint density at radius 3 is 1.56 bits per heavy atom. The molecule has 4 fully saturated rings. The number of nitrogens with one attached hydrogen (secondary N) is 4. The number of carbonyl (C=O) groups is 3. The van der Waals surface area contributed by atoms with Crippen molar-refractivity contribution in [3.05, 3.63) is 131 Å². The SMILES string of the molecule is C=C(N[C@H](C(=O)N1CCC[C@H]1c1nc2cc([C@H]3CC[C@H](c4cc5nc([C@@H]6CCCN6C(=O)[C@@H](NC(=O)OC)[C@@H](C)OC)[nH]c5cc4F)N3c3cc(F)c(N4CCC(c5ccc(F)cc5)CC4)c(F)c3)c(F)cc2[nH]1)[C@@H](C)OC)OC. The van der Waals surface area contributed by atoms with Gasteiger partial charge in [0, 0.05) is 57.2 Å². The second-order valence-electron chi connectivity index (χ2n) is 21.2. The van der Waals surface area contributed by atoms with Crippen molar-refractivity contribution in [1.82, 2.24) is 40.4 Å². The lowest BCUT2D eigenvalue weighted by Crippen LogP contribution is -2.54. The standard InChI is InChI=1S/C58H67F5N10O7/c1-30(77-4)51(64-32(3)79-6)56(74)71-20-8-10-49(71)54-65-43-26-37(39(60)28-45(43)67-54)47-16-17-48(73(47)36-24-41(62)53(42(63)25-36)70-22-18-34(19-23-70)33-12-14-35(59)15-13-33)38-27-44-46(29-40(38)61)68-55(66-44)50-11-9-21-72(50)57(75)52(31(2)78-5)69-58(76)80-7/h12-15,24-31,34,47-52,64H,3,8-11,16-23H2,1-2,4-7H3,(H,65,67)(H,66,68)(H,69,76)/t30-,31-,47-,48-,49+,50+,51+,52+/m1/s1. The van der Waals surface area contributed by atoms with Crippen LogP contribution in [0, 0.1) is 29.1 Å². The van der Waals surface area contributed by atoms with Crippen LogP contribution >= 0.6 is 0 Å². The predicted octanol–water partition coefficient (Wildman–Crippen LogP) is 9.80. The first-order chi connectivity index (χ1) is 38.5. The van der Waals surface area contributed by atoms with E-state index in [0.717, 1.165) is 5.56 Å². The van der Waals surface area contributed by atoms with Crippen LogP contribution < -0.4 is 20.4 Å². The number of carbonyl (C=O) groups excluding carboxylic acids is 3. The number of ether oxygens (including phenoxy) is 4. The van der Waals surface area contributed by atoms with E-state index in [0.29, 0.717) is 98.4 Å². The topological polar surface area (TPSA) is 183 Å². The molecule has 4 aromatic carbocycles. The van der Waals surface area contributed by atoms with Crippen molar-refractivity contribution in [1.29, 1.82) is 0 Å². The van der Waals surface area contributed by atoms with Crippen molar-refractivity contribution in [2.24, 2.45) is 0 Å². The molecule has 8 atom stereocenters. The van der Waals surface area contributed by atoms with Crippen LogP contribution in [0.3, 0.4) is 0 Å². The molecule has 17 nitrogen and oxygen atoms in total. The number of nitrogens with zero attached hydrogens (tertiary/aromatic N) is 6. The van der Waals surface area contributed by atoms with Gasteiger partial charge in [-0.25, -0.2) is 36.7 Å². The van der Waals surface area contributed by atoms with Crippen LogP contribution in [0.25, 0.3) is 22.1 Å². The van der Waals surface area contributed by atoms with E-state index >= 15 is 17.6 Å². The lowest BCUT2D eigenvalue weighted by atomic mass is 9.89. The Balaban J connectivity index is 0.993. The summed E-state index contributed by atoms with van der Waals surface area (Å²) in [5, 5.41) is 5.59.